The van der Waals surface area contributed by atoms with Gasteiger partial charge in [0.1, 0.15) is 5.82 Å². The minimum Gasteiger partial charge on any atom is -0.396 e. The zero-order chi connectivity index (χ0) is 14.1. The second-order valence-corrected chi connectivity index (χ2v) is 4.15. The summed E-state index contributed by atoms with van der Waals surface area (Å²) in [4.78, 5) is 16.1. The maximum absolute atomic E-state index is 13.1. The van der Waals surface area contributed by atoms with E-state index in [1.54, 1.807) is 23.1 Å². The fourth-order valence-corrected chi connectivity index (χ4v) is 1.83. The Bertz CT molecular complexity index is 798. The van der Waals surface area contributed by atoms with Gasteiger partial charge in [0, 0.05) is 18.1 Å². The van der Waals surface area contributed by atoms with E-state index in [4.69, 9.17) is 5.73 Å². The molecule has 2 aromatic heterocycles. The van der Waals surface area contributed by atoms with Crippen LogP contribution in [0.25, 0.3) is 5.52 Å². The third kappa shape index (κ3) is 2.05. The van der Waals surface area contributed by atoms with E-state index in [9.17, 15) is 9.18 Å². The van der Waals surface area contributed by atoms with Gasteiger partial charge in [0.05, 0.1) is 29.2 Å². The van der Waals surface area contributed by atoms with Crippen molar-refractivity contribution in [3.63, 3.8) is 0 Å². The number of nitrogens with zero attached hydrogens (tertiary/aromatic N) is 3. The quantitative estimate of drug-likeness (QED) is 0.695. The minimum atomic E-state index is -0.525. The summed E-state index contributed by atoms with van der Waals surface area (Å²) in [5, 5.41) is 6.68. The Morgan fingerprint density at radius 3 is 3.00 bits per heavy atom. The molecular formula is C13H10FN5O. The predicted molar refractivity (Wildman–Crippen MR) is 71.8 cm³/mol. The first-order valence-electron chi connectivity index (χ1n) is 5.79. The number of nitrogens with one attached hydrogen (secondary N) is 1. The van der Waals surface area contributed by atoms with Crippen LogP contribution < -0.4 is 11.1 Å². The molecule has 3 rings (SSSR count). The topological polar surface area (TPSA) is 85.3 Å². The number of benzene rings is 1. The normalized spacial score (nSPS) is 10.7. The van der Waals surface area contributed by atoms with Crippen molar-refractivity contribution in [2.24, 2.45) is 0 Å². The molecule has 0 saturated heterocycles. The van der Waals surface area contributed by atoms with Gasteiger partial charge in [-0.1, -0.05) is 0 Å². The molecule has 3 N–H and O–H groups in total. The number of rotatable bonds is 2. The summed E-state index contributed by atoms with van der Waals surface area (Å²) in [6.45, 7) is 0. The molecule has 2 heterocycles. The molecule has 0 radical (unpaired) electrons. The van der Waals surface area contributed by atoms with Gasteiger partial charge in [0.25, 0.3) is 5.91 Å². The smallest absolute Gasteiger partial charge is 0.259 e. The Kier molecular flexibility index (Phi) is 2.79. The molecule has 0 aliphatic heterocycles. The average Bonchev–Trinajstić information content (AvgIpc) is 2.87. The highest BCUT2D eigenvalue weighted by Gasteiger charge is 2.13. The van der Waals surface area contributed by atoms with E-state index in [0.29, 0.717) is 16.8 Å². The number of nitrogen functional groups attached to an aromatic ring is 1. The summed E-state index contributed by atoms with van der Waals surface area (Å²) in [7, 11) is 0. The van der Waals surface area contributed by atoms with Gasteiger partial charge in [-0.2, -0.15) is 5.10 Å². The molecule has 0 saturated carbocycles. The first-order chi connectivity index (χ1) is 9.65. The number of nitrogens with two attached hydrogens (primary N) is 1. The van der Waals surface area contributed by atoms with E-state index in [1.807, 2.05) is 0 Å². The van der Waals surface area contributed by atoms with Crippen LogP contribution in [0.15, 0.2) is 43.0 Å². The van der Waals surface area contributed by atoms with Crippen molar-refractivity contribution in [1.29, 1.82) is 0 Å². The second kappa shape index (κ2) is 4.61. The lowest BCUT2D eigenvalue weighted by atomic mass is 10.2. The lowest BCUT2D eigenvalue weighted by molar-refractivity contribution is 0.102. The summed E-state index contributed by atoms with van der Waals surface area (Å²) in [5.41, 5.74) is 6.80. The zero-order valence-electron chi connectivity index (χ0n) is 10.2. The molecule has 1 amide bonds. The Hall–Kier alpha value is -2.96. The van der Waals surface area contributed by atoms with Crippen molar-refractivity contribution >= 4 is 22.8 Å². The molecule has 0 atom stereocenters. The van der Waals surface area contributed by atoms with Gasteiger partial charge >= 0.3 is 0 Å². The van der Waals surface area contributed by atoms with Gasteiger partial charge in [-0.15, -0.1) is 0 Å². The molecule has 0 aliphatic carbocycles. The monoisotopic (exact) mass is 271 g/mol. The Labute approximate surface area is 113 Å². The van der Waals surface area contributed by atoms with E-state index in [-0.39, 0.29) is 11.6 Å². The van der Waals surface area contributed by atoms with Crippen LogP contribution in [-0.4, -0.2) is 20.5 Å². The molecule has 6 nitrogen and oxygen atoms in total. The maximum Gasteiger partial charge on any atom is 0.259 e. The van der Waals surface area contributed by atoms with Crippen LogP contribution in [0.2, 0.25) is 0 Å². The minimum absolute atomic E-state index is 0.0238. The van der Waals surface area contributed by atoms with Gasteiger partial charge < -0.3 is 11.1 Å². The van der Waals surface area contributed by atoms with Gasteiger partial charge in [-0.3, -0.25) is 9.78 Å². The fraction of sp³-hybridized carbons (Fsp3) is 0. The molecule has 3 aromatic rings. The number of hydrogen-bond donors (Lipinski definition) is 2. The molecule has 7 heteroatoms. The Morgan fingerprint density at radius 1 is 1.35 bits per heavy atom. The Morgan fingerprint density at radius 2 is 2.20 bits per heavy atom. The largest absolute Gasteiger partial charge is 0.396 e. The molecular weight excluding hydrogens is 261 g/mol. The van der Waals surface area contributed by atoms with E-state index in [0.717, 1.165) is 0 Å². The van der Waals surface area contributed by atoms with E-state index in [1.165, 1.54) is 24.4 Å². The number of hydrogen-bond acceptors (Lipinski definition) is 4. The fourth-order valence-electron chi connectivity index (χ4n) is 1.83. The Balaban J connectivity index is 1.91. The summed E-state index contributed by atoms with van der Waals surface area (Å²) in [6, 6.07) is 3.99. The molecule has 0 unspecified atom stereocenters. The van der Waals surface area contributed by atoms with Gasteiger partial charge in [0.2, 0.25) is 0 Å². The number of aromatic nitrogens is 3. The summed E-state index contributed by atoms with van der Waals surface area (Å²) in [5.74, 6) is -0.887. The predicted octanol–water partition coefficient (Wildman–Crippen LogP) is 1.70. The molecule has 0 spiro atoms. The molecule has 1 aromatic carbocycles. The zero-order valence-corrected chi connectivity index (χ0v) is 10.2. The second-order valence-electron chi connectivity index (χ2n) is 4.15. The maximum atomic E-state index is 13.1. The number of carbonyl (C=O) groups excluding carboxylic acids is 1. The number of amides is 1. The molecule has 0 bridgehead atoms. The van der Waals surface area contributed by atoms with E-state index in [2.05, 4.69) is 15.4 Å². The van der Waals surface area contributed by atoms with Crippen LogP contribution in [-0.2, 0) is 0 Å². The van der Waals surface area contributed by atoms with Crippen molar-refractivity contribution in [3.8, 4) is 0 Å². The van der Waals surface area contributed by atoms with E-state index < -0.39 is 5.82 Å². The van der Waals surface area contributed by atoms with Gasteiger partial charge in [0.15, 0.2) is 0 Å². The summed E-state index contributed by atoms with van der Waals surface area (Å²) < 4.78 is 14.6. The number of carbonyl (C=O) groups is 1. The molecule has 0 fully saturated rings. The number of fused-ring (bicyclic) bond motifs is 1. The summed E-state index contributed by atoms with van der Waals surface area (Å²) >= 11 is 0. The third-order valence-electron chi connectivity index (χ3n) is 2.82. The van der Waals surface area contributed by atoms with Crippen molar-refractivity contribution in [2.75, 3.05) is 11.1 Å². The van der Waals surface area contributed by atoms with Crippen molar-refractivity contribution in [3.05, 3.63) is 54.4 Å². The lowest BCUT2D eigenvalue weighted by Crippen LogP contribution is -2.12. The van der Waals surface area contributed by atoms with Crippen molar-refractivity contribution < 1.29 is 9.18 Å². The highest BCUT2D eigenvalue weighted by molar-refractivity contribution is 6.08. The van der Waals surface area contributed by atoms with Crippen LogP contribution in [0, 0.1) is 5.82 Å². The average molecular weight is 271 g/mol. The van der Waals surface area contributed by atoms with Gasteiger partial charge in [-0.05, 0) is 18.2 Å². The SMILES string of the molecule is Nc1cc(NC(=O)c2cnn3ccncc23)ccc1F. The standard InChI is InChI=1S/C13H10FN5O/c14-10-2-1-8(5-11(10)15)18-13(20)9-6-17-19-4-3-16-7-12(9)19/h1-7H,15H2,(H,18,20). The highest BCUT2D eigenvalue weighted by atomic mass is 19.1. The summed E-state index contributed by atoms with van der Waals surface area (Å²) in [6.07, 6.45) is 6.20. The van der Waals surface area contributed by atoms with Crippen molar-refractivity contribution in [1.82, 2.24) is 14.6 Å². The first-order valence-corrected chi connectivity index (χ1v) is 5.79. The van der Waals surface area contributed by atoms with Gasteiger partial charge in [-0.25, -0.2) is 8.91 Å². The van der Waals surface area contributed by atoms with Crippen LogP contribution in [0.4, 0.5) is 15.8 Å². The van der Waals surface area contributed by atoms with Crippen LogP contribution in [0.1, 0.15) is 10.4 Å². The number of halogens is 1. The molecule has 100 valence electrons. The van der Waals surface area contributed by atoms with E-state index >= 15 is 0 Å². The van der Waals surface area contributed by atoms with Crippen molar-refractivity contribution in [2.45, 2.75) is 0 Å². The number of anilines is 2. The lowest BCUT2D eigenvalue weighted by Gasteiger charge is -2.05. The van der Waals surface area contributed by atoms with Crippen LogP contribution in [0.3, 0.4) is 0 Å². The van der Waals surface area contributed by atoms with Crippen LogP contribution >= 0.6 is 0 Å². The first kappa shape index (κ1) is 12.1. The van der Waals surface area contributed by atoms with Crippen LogP contribution in [0.5, 0.6) is 0 Å². The third-order valence-corrected chi connectivity index (χ3v) is 2.82. The highest BCUT2D eigenvalue weighted by Crippen LogP contribution is 2.18. The molecule has 20 heavy (non-hydrogen) atoms. The molecule has 0 aliphatic rings.